The van der Waals surface area contributed by atoms with Crippen molar-refractivity contribution in [2.75, 3.05) is 5.32 Å². The Morgan fingerprint density at radius 2 is 1.81 bits per heavy atom. The van der Waals surface area contributed by atoms with E-state index in [0.717, 1.165) is 22.9 Å². The van der Waals surface area contributed by atoms with Gasteiger partial charge in [-0.15, -0.1) is 5.10 Å². The van der Waals surface area contributed by atoms with E-state index < -0.39 is 22.9 Å². The molecular formula is C19H14F3N3O. The monoisotopic (exact) mass is 357 g/mol. The molecule has 1 aliphatic rings. The van der Waals surface area contributed by atoms with Gasteiger partial charge in [-0.2, -0.15) is 0 Å². The van der Waals surface area contributed by atoms with Crippen molar-refractivity contribution in [3.63, 3.8) is 0 Å². The van der Waals surface area contributed by atoms with E-state index in [9.17, 15) is 18.0 Å². The van der Waals surface area contributed by atoms with Gasteiger partial charge in [-0.1, -0.05) is 18.2 Å². The summed E-state index contributed by atoms with van der Waals surface area (Å²) < 4.78 is 42.4. The van der Waals surface area contributed by atoms with E-state index in [1.165, 1.54) is 18.3 Å². The Balaban J connectivity index is 1.57. The van der Waals surface area contributed by atoms with E-state index in [0.29, 0.717) is 18.4 Å². The number of anilines is 1. The zero-order valence-corrected chi connectivity index (χ0v) is 13.5. The lowest BCUT2D eigenvalue weighted by Gasteiger charge is -2.15. The molecule has 0 bridgehead atoms. The molecule has 0 atom stereocenters. The van der Waals surface area contributed by atoms with Crippen LogP contribution in [0.15, 0.2) is 54.7 Å². The normalized spacial score (nSPS) is 14.9. The second-order valence-corrected chi connectivity index (χ2v) is 6.26. The lowest BCUT2D eigenvalue weighted by Crippen LogP contribution is -2.29. The van der Waals surface area contributed by atoms with E-state index in [-0.39, 0.29) is 17.4 Å². The van der Waals surface area contributed by atoms with Crippen LogP contribution in [0.5, 0.6) is 0 Å². The van der Waals surface area contributed by atoms with Crippen molar-refractivity contribution < 1.29 is 18.0 Å². The Morgan fingerprint density at radius 1 is 1.04 bits per heavy atom. The maximum absolute atomic E-state index is 14.1. The van der Waals surface area contributed by atoms with Gasteiger partial charge in [0.15, 0.2) is 5.82 Å². The van der Waals surface area contributed by atoms with E-state index in [4.69, 9.17) is 0 Å². The lowest BCUT2D eigenvalue weighted by atomic mass is 9.94. The average molecular weight is 357 g/mol. The number of nitrogens with zero attached hydrogens (tertiary/aromatic N) is 2. The molecule has 1 N–H and O–H groups in total. The molecule has 1 fully saturated rings. The SMILES string of the molecule is O=C(Nc1ccn(-c2cc(F)ccc2F)n1)C1(c2ccccc2F)CC1. The summed E-state index contributed by atoms with van der Waals surface area (Å²) in [6.07, 6.45) is 2.49. The lowest BCUT2D eigenvalue weighted by molar-refractivity contribution is -0.118. The summed E-state index contributed by atoms with van der Waals surface area (Å²) in [5.41, 5.74) is -0.618. The summed E-state index contributed by atoms with van der Waals surface area (Å²) in [6.45, 7) is 0. The van der Waals surface area contributed by atoms with E-state index in [1.54, 1.807) is 18.2 Å². The summed E-state index contributed by atoms with van der Waals surface area (Å²) in [6, 6.07) is 10.7. The van der Waals surface area contributed by atoms with Crippen LogP contribution in [0.2, 0.25) is 0 Å². The fourth-order valence-electron chi connectivity index (χ4n) is 3.02. The molecule has 132 valence electrons. The zero-order chi connectivity index (χ0) is 18.3. The first-order valence-electron chi connectivity index (χ1n) is 8.07. The van der Waals surface area contributed by atoms with Gasteiger partial charge in [0.2, 0.25) is 5.91 Å². The van der Waals surface area contributed by atoms with Gasteiger partial charge in [0.05, 0.1) is 5.41 Å². The Morgan fingerprint density at radius 3 is 2.54 bits per heavy atom. The van der Waals surface area contributed by atoms with Crippen LogP contribution in [-0.2, 0) is 10.2 Å². The number of hydrogen-bond acceptors (Lipinski definition) is 2. The smallest absolute Gasteiger partial charge is 0.236 e. The summed E-state index contributed by atoms with van der Waals surface area (Å²) in [4.78, 5) is 12.7. The largest absolute Gasteiger partial charge is 0.308 e. The molecule has 1 saturated carbocycles. The molecule has 4 nitrogen and oxygen atoms in total. The molecule has 1 aliphatic carbocycles. The van der Waals surface area contributed by atoms with E-state index >= 15 is 0 Å². The molecule has 0 spiro atoms. The van der Waals surface area contributed by atoms with Crippen LogP contribution < -0.4 is 5.32 Å². The summed E-state index contributed by atoms with van der Waals surface area (Å²) >= 11 is 0. The van der Waals surface area contributed by atoms with Crippen LogP contribution in [0.25, 0.3) is 5.69 Å². The third-order valence-electron chi connectivity index (χ3n) is 4.56. The van der Waals surface area contributed by atoms with Crippen molar-refractivity contribution in [1.29, 1.82) is 0 Å². The van der Waals surface area contributed by atoms with E-state index in [2.05, 4.69) is 10.4 Å². The molecule has 1 amide bonds. The second-order valence-electron chi connectivity index (χ2n) is 6.26. The van der Waals surface area contributed by atoms with Gasteiger partial charge in [0, 0.05) is 23.9 Å². The van der Waals surface area contributed by atoms with Crippen LogP contribution in [0.1, 0.15) is 18.4 Å². The van der Waals surface area contributed by atoms with Crippen molar-refractivity contribution >= 4 is 11.7 Å². The number of amides is 1. The first kappa shape index (κ1) is 16.4. The minimum atomic E-state index is -0.904. The van der Waals surface area contributed by atoms with Gasteiger partial charge in [-0.25, -0.2) is 17.9 Å². The molecule has 0 unspecified atom stereocenters. The minimum Gasteiger partial charge on any atom is -0.308 e. The van der Waals surface area contributed by atoms with Gasteiger partial charge in [-0.3, -0.25) is 4.79 Å². The Hall–Kier alpha value is -3.09. The maximum atomic E-state index is 14.1. The standard InChI is InChI=1S/C19H14F3N3O/c20-12-5-6-15(22)16(11-12)25-10-7-17(24-25)23-18(26)19(8-9-19)13-3-1-2-4-14(13)21/h1-7,10-11H,8-9H2,(H,23,24,26). The second kappa shape index (κ2) is 6.01. The summed E-state index contributed by atoms with van der Waals surface area (Å²) in [7, 11) is 0. The van der Waals surface area contributed by atoms with E-state index in [1.807, 2.05) is 0 Å². The molecule has 26 heavy (non-hydrogen) atoms. The number of halogens is 3. The van der Waals surface area contributed by atoms with Crippen LogP contribution in [0.4, 0.5) is 19.0 Å². The number of hydrogen-bond donors (Lipinski definition) is 1. The van der Waals surface area contributed by atoms with Crippen molar-refractivity contribution in [2.45, 2.75) is 18.3 Å². The van der Waals surface area contributed by atoms with Crippen LogP contribution in [0.3, 0.4) is 0 Å². The van der Waals surface area contributed by atoms with Gasteiger partial charge < -0.3 is 5.32 Å². The molecule has 4 rings (SSSR count). The minimum absolute atomic E-state index is 0.0688. The van der Waals surface area contributed by atoms with Crippen molar-refractivity contribution in [3.8, 4) is 5.69 Å². The average Bonchev–Trinajstić information content (AvgIpc) is 3.31. The Bertz CT molecular complexity index is 995. The van der Waals surface area contributed by atoms with Gasteiger partial charge in [-0.05, 0) is 31.0 Å². The predicted octanol–water partition coefficient (Wildman–Crippen LogP) is 3.96. The first-order chi connectivity index (χ1) is 12.5. The first-order valence-corrected chi connectivity index (χ1v) is 8.07. The molecule has 0 aliphatic heterocycles. The highest BCUT2D eigenvalue weighted by atomic mass is 19.1. The quantitative estimate of drug-likeness (QED) is 0.768. The van der Waals surface area contributed by atoms with Gasteiger partial charge in [0.1, 0.15) is 23.1 Å². The fourth-order valence-corrected chi connectivity index (χ4v) is 3.02. The molecule has 1 aromatic heterocycles. The van der Waals surface area contributed by atoms with Crippen LogP contribution in [-0.4, -0.2) is 15.7 Å². The Kier molecular flexibility index (Phi) is 3.79. The number of benzene rings is 2. The highest BCUT2D eigenvalue weighted by Gasteiger charge is 2.52. The number of aromatic nitrogens is 2. The number of carbonyl (C=O) groups is 1. The zero-order valence-electron chi connectivity index (χ0n) is 13.5. The van der Waals surface area contributed by atoms with Crippen LogP contribution in [0, 0.1) is 17.5 Å². The fraction of sp³-hybridized carbons (Fsp3) is 0.158. The third kappa shape index (κ3) is 2.75. The van der Waals surface area contributed by atoms with Crippen LogP contribution >= 0.6 is 0 Å². The molecule has 1 heterocycles. The van der Waals surface area contributed by atoms with Crippen molar-refractivity contribution in [1.82, 2.24) is 9.78 Å². The highest BCUT2D eigenvalue weighted by molar-refractivity contribution is 6.00. The Labute approximate surface area is 147 Å². The summed E-state index contributed by atoms with van der Waals surface area (Å²) in [5.74, 6) is -1.85. The topological polar surface area (TPSA) is 46.9 Å². The molecular weight excluding hydrogens is 343 g/mol. The van der Waals surface area contributed by atoms with Gasteiger partial charge in [0.25, 0.3) is 0 Å². The highest BCUT2D eigenvalue weighted by Crippen LogP contribution is 2.49. The predicted molar refractivity (Wildman–Crippen MR) is 89.4 cm³/mol. The molecule has 0 saturated heterocycles. The molecule has 3 aromatic rings. The van der Waals surface area contributed by atoms with Gasteiger partial charge >= 0.3 is 0 Å². The van der Waals surface area contributed by atoms with Crippen molar-refractivity contribution in [2.24, 2.45) is 0 Å². The molecule has 0 radical (unpaired) electrons. The third-order valence-corrected chi connectivity index (χ3v) is 4.56. The van der Waals surface area contributed by atoms with Crippen molar-refractivity contribution in [3.05, 3.63) is 77.7 Å². The molecule has 2 aromatic carbocycles. The number of carbonyl (C=O) groups excluding carboxylic acids is 1. The number of rotatable bonds is 4. The summed E-state index contributed by atoms with van der Waals surface area (Å²) in [5, 5.41) is 6.70. The maximum Gasteiger partial charge on any atom is 0.236 e. The molecule has 7 heteroatoms. The number of nitrogens with one attached hydrogen (secondary N) is 1.